The van der Waals surface area contributed by atoms with E-state index in [0.29, 0.717) is 10.9 Å². The van der Waals surface area contributed by atoms with E-state index in [1.54, 1.807) is 15.6 Å². The van der Waals surface area contributed by atoms with Crippen LogP contribution in [-0.4, -0.2) is 26.0 Å². The lowest BCUT2D eigenvalue weighted by Crippen LogP contribution is -2.19. The van der Waals surface area contributed by atoms with Gasteiger partial charge in [-0.05, 0) is 54.2 Å². The zero-order chi connectivity index (χ0) is 20.0. The average Bonchev–Trinajstić information content (AvgIpc) is 3.13. The first-order chi connectivity index (χ1) is 14.1. The Kier molecular flexibility index (Phi) is 4.06. The summed E-state index contributed by atoms with van der Waals surface area (Å²) in [6, 6.07) is 11.6. The van der Waals surface area contributed by atoms with Crippen LogP contribution in [0, 0.1) is 11.2 Å². The summed E-state index contributed by atoms with van der Waals surface area (Å²) in [6.07, 6.45) is 8.13. The summed E-state index contributed by atoms with van der Waals surface area (Å²) in [7, 11) is 1.88. The van der Waals surface area contributed by atoms with Gasteiger partial charge in [0.2, 0.25) is 0 Å². The van der Waals surface area contributed by atoms with E-state index < -0.39 is 0 Å². The number of fused-ring (bicyclic) bond motifs is 2. The highest BCUT2D eigenvalue weighted by atomic mass is 16.1. The lowest BCUT2D eigenvalue weighted by molar-refractivity contribution is 0.780. The molecule has 2 aromatic carbocycles. The van der Waals surface area contributed by atoms with Crippen molar-refractivity contribution in [2.24, 2.45) is 7.05 Å². The highest BCUT2D eigenvalue weighted by Crippen LogP contribution is 2.28. The molecular formula is C22H18BN5O. The van der Waals surface area contributed by atoms with Crippen molar-refractivity contribution in [2.45, 2.75) is 19.1 Å². The molecule has 0 bridgehead atoms. The van der Waals surface area contributed by atoms with E-state index in [1.807, 2.05) is 49.6 Å². The molecule has 0 N–H and O–H groups in total. The van der Waals surface area contributed by atoms with Gasteiger partial charge in [-0.15, -0.1) is 0 Å². The van der Waals surface area contributed by atoms with Crippen LogP contribution in [0.15, 0.2) is 59.8 Å². The highest BCUT2D eigenvalue weighted by molar-refractivity contribution is 6.67. The smallest absolute Gasteiger partial charge is 0.271 e. The van der Waals surface area contributed by atoms with Crippen molar-refractivity contribution in [1.82, 2.24) is 19.3 Å². The van der Waals surface area contributed by atoms with Crippen LogP contribution < -0.4 is 5.56 Å². The summed E-state index contributed by atoms with van der Waals surface area (Å²) >= 11 is 0. The molecule has 0 amide bonds. The van der Waals surface area contributed by atoms with Gasteiger partial charge in [0, 0.05) is 24.6 Å². The quantitative estimate of drug-likeness (QED) is 0.499. The topological polar surface area (TPSA) is 76.5 Å². The maximum absolute atomic E-state index is 13.2. The molecule has 0 saturated heterocycles. The maximum Gasteiger partial charge on any atom is 0.271 e. The van der Waals surface area contributed by atoms with Gasteiger partial charge >= 0.3 is 0 Å². The number of hydrogen-bond acceptors (Lipinski definition) is 4. The van der Waals surface area contributed by atoms with E-state index in [1.165, 1.54) is 5.57 Å². The van der Waals surface area contributed by atoms with E-state index in [4.69, 9.17) is 5.26 Å². The fourth-order valence-corrected chi connectivity index (χ4v) is 4.01. The first-order valence-corrected chi connectivity index (χ1v) is 9.66. The van der Waals surface area contributed by atoms with Crippen molar-refractivity contribution in [1.29, 1.82) is 5.26 Å². The second-order valence-corrected chi connectivity index (χ2v) is 7.53. The molecule has 2 aromatic heterocycles. The van der Waals surface area contributed by atoms with Crippen LogP contribution in [0.3, 0.4) is 0 Å². The Balaban J connectivity index is 1.60. The number of aromatic nitrogens is 4. The number of nitrogens with zero attached hydrogens (tertiary/aromatic N) is 5. The predicted molar refractivity (Wildman–Crippen MR) is 115 cm³/mol. The Morgan fingerprint density at radius 3 is 2.83 bits per heavy atom. The van der Waals surface area contributed by atoms with E-state index in [2.05, 4.69) is 22.1 Å². The summed E-state index contributed by atoms with van der Waals surface area (Å²) in [5.74, 6) is 2.34. The molecule has 29 heavy (non-hydrogen) atoms. The molecule has 1 aliphatic heterocycles. The Bertz CT molecular complexity index is 1390. The second-order valence-electron chi connectivity index (χ2n) is 7.53. The zero-order valence-corrected chi connectivity index (χ0v) is 16.0. The SMILES string of the molecule is Cn1cc2cc(-n3cnc4ccc(C5=CCB(C#N)CC5)cc4c3=O)ccc2n1. The summed E-state index contributed by atoms with van der Waals surface area (Å²) < 4.78 is 3.34. The van der Waals surface area contributed by atoms with Crippen LogP contribution in [0.4, 0.5) is 0 Å². The third kappa shape index (κ3) is 3.03. The Morgan fingerprint density at radius 2 is 2.03 bits per heavy atom. The molecule has 0 fully saturated rings. The molecule has 0 aliphatic carbocycles. The van der Waals surface area contributed by atoms with Gasteiger partial charge in [0.1, 0.15) is 6.33 Å². The van der Waals surface area contributed by atoms with Gasteiger partial charge in [-0.3, -0.25) is 14.0 Å². The lowest BCUT2D eigenvalue weighted by atomic mass is 9.43. The molecule has 4 aromatic rings. The maximum atomic E-state index is 13.2. The fourth-order valence-electron chi connectivity index (χ4n) is 4.01. The van der Waals surface area contributed by atoms with Gasteiger partial charge in [0.25, 0.3) is 12.3 Å². The van der Waals surface area contributed by atoms with Crippen LogP contribution in [0.25, 0.3) is 33.1 Å². The fraction of sp³-hybridized carbons (Fsp3) is 0.182. The highest BCUT2D eigenvalue weighted by Gasteiger charge is 2.19. The first kappa shape index (κ1) is 17.4. The summed E-state index contributed by atoms with van der Waals surface area (Å²) in [6.45, 7) is 0.0977. The van der Waals surface area contributed by atoms with Crippen LogP contribution in [0.1, 0.15) is 12.0 Å². The minimum atomic E-state index is -0.0913. The monoisotopic (exact) mass is 379 g/mol. The Labute approximate surface area is 167 Å². The Hall–Kier alpha value is -3.66. The normalized spacial score (nSPS) is 14.2. The number of benzene rings is 2. The summed E-state index contributed by atoms with van der Waals surface area (Å²) in [5.41, 5.74) is 4.48. The molecule has 7 heteroatoms. The molecule has 140 valence electrons. The standard InChI is InChI=1S/C22H18BN5O/c1-27-12-17-10-18(3-5-20(17)26-27)28-14-25-21-4-2-16(11-19(21)22(28)29)15-6-8-23(13-24)9-7-15/h2-6,10-12,14H,7-9H2,1H3. The summed E-state index contributed by atoms with van der Waals surface area (Å²) in [5, 5.41) is 15.1. The van der Waals surface area contributed by atoms with Crippen LogP contribution in [0.2, 0.25) is 12.6 Å². The molecule has 6 nitrogen and oxygen atoms in total. The molecule has 0 spiro atoms. The third-order valence-electron chi connectivity index (χ3n) is 5.60. The van der Waals surface area contributed by atoms with Crippen LogP contribution >= 0.6 is 0 Å². The lowest BCUT2D eigenvalue weighted by Gasteiger charge is -2.15. The largest absolute Gasteiger partial charge is 0.275 e. The molecule has 1 aliphatic rings. The number of rotatable bonds is 2. The van der Waals surface area contributed by atoms with Gasteiger partial charge < -0.3 is 0 Å². The minimum Gasteiger partial charge on any atom is -0.275 e. The number of hydrogen-bond donors (Lipinski definition) is 0. The second kappa shape index (κ2) is 6.75. The number of aryl methyl sites for hydroxylation is 1. The van der Waals surface area contributed by atoms with Crippen molar-refractivity contribution in [3.63, 3.8) is 0 Å². The molecule has 3 heterocycles. The van der Waals surface area contributed by atoms with E-state index in [9.17, 15) is 4.79 Å². The average molecular weight is 379 g/mol. The first-order valence-electron chi connectivity index (χ1n) is 9.66. The van der Waals surface area contributed by atoms with Gasteiger partial charge in [0.05, 0.1) is 22.1 Å². The van der Waals surface area contributed by atoms with Crippen molar-refractivity contribution in [2.75, 3.05) is 0 Å². The number of nitriles is 1. The number of allylic oxidation sites excluding steroid dienone is 2. The van der Waals surface area contributed by atoms with Crippen LogP contribution in [0.5, 0.6) is 0 Å². The third-order valence-corrected chi connectivity index (χ3v) is 5.60. The van der Waals surface area contributed by atoms with Gasteiger partial charge in [-0.25, -0.2) is 10.2 Å². The van der Waals surface area contributed by atoms with Crippen molar-refractivity contribution in [3.8, 4) is 11.7 Å². The van der Waals surface area contributed by atoms with Gasteiger partial charge in [-0.1, -0.05) is 18.5 Å². The molecule has 0 radical (unpaired) electrons. The molecule has 0 saturated carbocycles. The minimum absolute atomic E-state index is 0.0913. The van der Waals surface area contributed by atoms with Crippen LogP contribution in [-0.2, 0) is 7.05 Å². The van der Waals surface area contributed by atoms with E-state index in [0.717, 1.165) is 41.2 Å². The molecule has 0 unspecified atom stereocenters. The van der Waals surface area contributed by atoms with Crippen molar-refractivity contribution in [3.05, 3.63) is 70.9 Å². The van der Waals surface area contributed by atoms with E-state index in [-0.39, 0.29) is 12.3 Å². The van der Waals surface area contributed by atoms with Gasteiger partial charge in [0.15, 0.2) is 0 Å². The molecule has 0 atom stereocenters. The molecular weight excluding hydrogens is 361 g/mol. The predicted octanol–water partition coefficient (Wildman–Crippen LogP) is 3.62. The molecule has 5 rings (SSSR count). The van der Waals surface area contributed by atoms with Crippen molar-refractivity contribution >= 4 is 34.1 Å². The van der Waals surface area contributed by atoms with Crippen molar-refractivity contribution < 1.29 is 0 Å². The van der Waals surface area contributed by atoms with Gasteiger partial charge in [-0.2, -0.15) is 5.10 Å². The summed E-state index contributed by atoms with van der Waals surface area (Å²) in [4.78, 5) is 17.7. The van der Waals surface area contributed by atoms with E-state index >= 15 is 0 Å². The zero-order valence-electron chi connectivity index (χ0n) is 16.0. The Morgan fingerprint density at radius 1 is 1.17 bits per heavy atom.